The Morgan fingerprint density at radius 1 is 1.00 bits per heavy atom. The quantitative estimate of drug-likeness (QED) is 0.627. The molecule has 2 aromatic carbocycles. The van der Waals surface area contributed by atoms with E-state index in [9.17, 15) is 4.79 Å². The van der Waals surface area contributed by atoms with Gasteiger partial charge in [-0.05, 0) is 50.2 Å². The number of carbonyl (C=O) groups excluding carboxylic acids is 1. The van der Waals surface area contributed by atoms with Crippen molar-refractivity contribution >= 4 is 11.6 Å². The molecular weight excluding hydrogens is 384 g/mol. The molecule has 1 N–H and O–H groups in total. The molecule has 1 amide bonds. The molecule has 1 saturated heterocycles. The van der Waals surface area contributed by atoms with Crippen LogP contribution in [0, 0.1) is 0 Å². The van der Waals surface area contributed by atoms with Crippen LogP contribution in [0.25, 0.3) is 0 Å². The summed E-state index contributed by atoms with van der Waals surface area (Å²) in [6.07, 6.45) is 2.37. The fraction of sp³-hybridized carbons (Fsp3) is 0.500. The van der Waals surface area contributed by atoms with E-state index in [1.165, 1.54) is 18.5 Å². The molecule has 1 heterocycles. The first kappa shape index (κ1) is 23.3. The van der Waals surface area contributed by atoms with E-state index in [0.29, 0.717) is 0 Å². The summed E-state index contributed by atoms with van der Waals surface area (Å²) in [5.41, 5.74) is 3.06. The number of piperazine rings is 1. The first-order valence-electron chi connectivity index (χ1n) is 11.7. The number of nitrogens with one attached hydrogen (secondary N) is 1. The smallest absolute Gasteiger partial charge is 0.251 e. The fourth-order valence-electron chi connectivity index (χ4n) is 4.09. The van der Waals surface area contributed by atoms with E-state index in [0.717, 1.165) is 56.9 Å². The highest BCUT2D eigenvalue weighted by Crippen LogP contribution is 2.19. The van der Waals surface area contributed by atoms with Gasteiger partial charge in [0.05, 0.1) is 6.04 Å². The predicted octanol–water partition coefficient (Wildman–Crippen LogP) is 4.03. The van der Waals surface area contributed by atoms with Gasteiger partial charge in [-0.25, -0.2) is 0 Å². The van der Waals surface area contributed by atoms with Crippen LogP contribution in [0.5, 0.6) is 0 Å². The topological polar surface area (TPSA) is 38.8 Å². The summed E-state index contributed by atoms with van der Waals surface area (Å²) in [5.74, 6) is -0.00821. The molecule has 0 aromatic heterocycles. The third-order valence-corrected chi connectivity index (χ3v) is 6.20. The summed E-state index contributed by atoms with van der Waals surface area (Å²) in [6, 6.07) is 18.4. The lowest BCUT2D eigenvalue weighted by Crippen LogP contribution is -2.47. The number of nitrogens with zero attached hydrogens (tertiary/aromatic N) is 3. The second-order valence-electron chi connectivity index (χ2n) is 8.52. The highest BCUT2D eigenvalue weighted by molar-refractivity contribution is 5.94. The van der Waals surface area contributed by atoms with Crippen LogP contribution in [0.1, 0.15) is 48.7 Å². The van der Waals surface area contributed by atoms with Gasteiger partial charge in [-0.2, -0.15) is 0 Å². The third kappa shape index (κ3) is 6.81. The molecule has 1 aliphatic rings. The van der Waals surface area contributed by atoms with Crippen LogP contribution >= 0.6 is 0 Å². The van der Waals surface area contributed by atoms with Crippen LogP contribution in [-0.4, -0.2) is 68.6 Å². The molecule has 31 heavy (non-hydrogen) atoms. The molecule has 0 saturated carbocycles. The van der Waals surface area contributed by atoms with E-state index in [2.05, 4.69) is 65.2 Å². The average molecular weight is 423 g/mol. The van der Waals surface area contributed by atoms with Crippen molar-refractivity contribution in [1.29, 1.82) is 0 Å². The number of rotatable bonds is 10. The number of amides is 1. The van der Waals surface area contributed by atoms with Crippen molar-refractivity contribution in [3.05, 3.63) is 65.7 Å². The average Bonchev–Trinajstić information content (AvgIpc) is 2.81. The minimum absolute atomic E-state index is 0.00821. The normalized spacial score (nSPS) is 16.1. The Labute approximate surface area is 188 Å². The van der Waals surface area contributed by atoms with E-state index < -0.39 is 0 Å². The Bertz CT molecular complexity index is 785. The monoisotopic (exact) mass is 422 g/mol. The van der Waals surface area contributed by atoms with E-state index in [1.54, 1.807) is 0 Å². The van der Waals surface area contributed by atoms with E-state index >= 15 is 0 Å². The van der Waals surface area contributed by atoms with Crippen molar-refractivity contribution in [2.75, 3.05) is 57.8 Å². The molecule has 0 aliphatic carbocycles. The molecule has 3 rings (SSSR count). The molecule has 168 valence electrons. The van der Waals surface area contributed by atoms with E-state index in [1.807, 2.05) is 30.3 Å². The zero-order chi connectivity index (χ0) is 22.1. The first-order valence-corrected chi connectivity index (χ1v) is 11.7. The van der Waals surface area contributed by atoms with Crippen molar-refractivity contribution in [2.24, 2.45) is 0 Å². The van der Waals surface area contributed by atoms with Gasteiger partial charge < -0.3 is 15.1 Å². The van der Waals surface area contributed by atoms with Gasteiger partial charge in [0.15, 0.2) is 0 Å². The van der Waals surface area contributed by atoms with Gasteiger partial charge in [-0.15, -0.1) is 0 Å². The number of carbonyl (C=O) groups is 1. The Hall–Kier alpha value is -2.37. The maximum Gasteiger partial charge on any atom is 0.251 e. The molecular formula is C26H38N4O. The predicted molar refractivity (Wildman–Crippen MR) is 130 cm³/mol. The second kappa shape index (κ2) is 11.9. The molecule has 5 heteroatoms. The molecule has 0 radical (unpaired) electrons. The number of unbranched alkanes of at least 4 members (excludes halogenated alkanes) is 1. The highest BCUT2D eigenvalue weighted by atomic mass is 16.1. The lowest BCUT2D eigenvalue weighted by atomic mass is 10.0. The molecule has 0 spiro atoms. The van der Waals surface area contributed by atoms with Crippen LogP contribution in [0.3, 0.4) is 0 Å². The van der Waals surface area contributed by atoms with Crippen molar-refractivity contribution in [2.45, 2.75) is 32.7 Å². The lowest BCUT2D eigenvalue weighted by Gasteiger charge is -2.35. The maximum atomic E-state index is 13.1. The molecule has 5 nitrogen and oxygen atoms in total. The summed E-state index contributed by atoms with van der Waals surface area (Å²) >= 11 is 0. The van der Waals surface area contributed by atoms with E-state index in [-0.39, 0.29) is 11.9 Å². The lowest BCUT2D eigenvalue weighted by molar-refractivity contribution is 0.0907. The number of anilines is 1. The van der Waals surface area contributed by atoms with Crippen LogP contribution in [0.4, 0.5) is 5.69 Å². The molecule has 1 aliphatic heterocycles. The second-order valence-corrected chi connectivity index (χ2v) is 8.52. The zero-order valence-corrected chi connectivity index (χ0v) is 19.4. The molecule has 1 fully saturated rings. The van der Waals surface area contributed by atoms with Gasteiger partial charge in [0.25, 0.3) is 5.91 Å². The van der Waals surface area contributed by atoms with Crippen LogP contribution in [0.2, 0.25) is 0 Å². The molecule has 2 aromatic rings. The van der Waals surface area contributed by atoms with Gasteiger partial charge in [-0.3, -0.25) is 9.69 Å². The molecule has 0 bridgehead atoms. The van der Waals surface area contributed by atoms with Crippen molar-refractivity contribution in [1.82, 2.24) is 15.1 Å². The summed E-state index contributed by atoms with van der Waals surface area (Å²) in [4.78, 5) is 20.3. The largest absolute Gasteiger partial charge is 0.372 e. The number of hydrogen-bond acceptors (Lipinski definition) is 4. The van der Waals surface area contributed by atoms with Crippen LogP contribution in [0.15, 0.2) is 54.6 Å². The summed E-state index contributed by atoms with van der Waals surface area (Å²) in [7, 11) is 2.17. The minimum atomic E-state index is -0.0199. The molecule has 1 unspecified atom stereocenters. The van der Waals surface area contributed by atoms with Crippen molar-refractivity contribution in [3.63, 3.8) is 0 Å². The standard InChI is InChI=1S/C26H38N4O/c1-4-6-16-30(5-2)24-14-12-23(13-15-24)26(31)27-25(22-10-8-7-9-11-22)21-29-19-17-28(3)18-20-29/h7-15,25H,4-6,16-21H2,1-3H3,(H,27,31). The zero-order valence-electron chi connectivity index (χ0n) is 19.4. The van der Waals surface area contributed by atoms with Gasteiger partial charge in [0, 0.05) is 57.1 Å². The van der Waals surface area contributed by atoms with Crippen LogP contribution < -0.4 is 10.2 Å². The number of likely N-dealkylation sites (N-methyl/N-ethyl adjacent to an activating group) is 1. The number of benzene rings is 2. The van der Waals surface area contributed by atoms with Gasteiger partial charge in [0.2, 0.25) is 0 Å². The SMILES string of the molecule is CCCCN(CC)c1ccc(C(=O)NC(CN2CCN(C)CC2)c2ccccc2)cc1. The van der Waals surface area contributed by atoms with Gasteiger partial charge >= 0.3 is 0 Å². The van der Waals surface area contributed by atoms with Gasteiger partial charge in [0.1, 0.15) is 0 Å². The Kier molecular flexibility index (Phi) is 8.92. The molecule has 1 atom stereocenters. The Morgan fingerprint density at radius 2 is 1.68 bits per heavy atom. The summed E-state index contributed by atoms with van der Waals surface area (Å²) < 4.78 is 0. The van der Waals surface area contributed by atoms with Gasteiger partial charge in [-0.1, -0.05) is 43.7 Å². The fourth-order valence-corrected chi connectivity index (χ4v) is 4.09. The first-order chi connectivity index (χ1) is 15.1. The maximum absolute atomic E-state index is 13.1. The number of hydrogen-bond donors (Lipinski definition) is 1. The van der Waals surface area contributed by atoms with Crippen LogP contribution in [-0.2, 0) is 0 Å². The van der Waals surface area contributed by atoms with Crippen molar-refractivity contribution in [3.8, 4) is 0 Å². The summed E-state index contributed by atoms with van der Waals surface area (Å²) in [6.45, 7) is 11.5. The Morgan fingerprint density at radius 3 is 2.29 bits per heavy atom. The van der Waals surface area contributed by atoms with Crippen molar-refractivity contribution < 1.29 is 4.79 Å². The summed E-state index contributed by atoms with van der Waals surface area (Å²) in [5, 5.41) is 3.30. The van der Waals surface area contributed by atoms with E-state index in [4.69, 9.17) is 0 Å². The highest BCUT2D eigenvalue weighted by Gasteiger charge is 2.21. The minimum Gasteiger partial charge on any atom is -0.372 e. The third-order valence-electron chi connectivity index (χ3n) is 6.20. The Balaban J connectivity index is 1.68.